The van der Waals surface area contributed by atoms with Gasteiger partial charge in [0.05, 0.1) is 30.2 Å². The first-order valence-electron chi connectivity index (χ1n) is 10.0. The number of anilines is 2. The summed E-state index contributed by atoms with van der Waals surface area (Å²) >= 11 is 17.8. The Kier molecular flexibility index (Phi) is 6.79. The van der Waals surface area contributed by atoms with E-state index < -0.39 is 0 Å². The molecule has 0 aliphatic rings. The topological polar surface area (TPSA) is 59.7 Å². The first-order valence-corrected chi connectivity index (χ1v) is 11.2. The molecule has 0 saturated carbocycles. The minimum atomic E-state index is 0.397. The molecule has 0 radical (unpaired) electrons. The molecule has 0 spiro atoms. The zero-order valence-corrected chi connectivity index (χ0v) is 20.0. The first kappa shape index (κ1) is 22.3. The van der Waals surface area contributed by atoms with Crippen molar-refractivity contribution in [3.8, 4) is 0 Å². The number of aromatic nitrogens is 4. The molecule has 0 bridgehead atoms. The molecule has 4 rings (SSSR count). The smallest absolute Gasteiger partial charge is 0.176 e. The van der Waals surface area contributed by atoms with Crippen LogP contribution in [0.4, 0.5) is 11.5 Å². The number of nitrogens with one attached hydrogen (secondary N) is 2. The second kappa shape index (κ2) is 9.73. The number of hydrogen-bond acceptors (Lipinski definition) is 3. The number of thiocarbonyl (C=S) groups is 1. The van der Waals surface area contributed by atoms with Crippen molar-refractivity contribution in [2.45, 2.75) is 26.9 Å². The lowest BCUT2D eigenvalue weighted by Crippen LogP contribution is -2.20. The third kappa shape index (κ3) is 5.30. The fourth-order valence-corrected chi connectivity index (χ4v) is 3.90. The van der Waals surface area contributed by atoms with Crippen LogP contribution in [0, 0.1) is 13.8 Å². The van der Waals surface area contributed by atoms with E-state index in [4.69, 9.17) is 35.4 Å². The van der Waals surface area contributed by atoms with Gasteiger partial charge in [-0.05, 0) is 49.3 Å². The fraction of sp³-hybridized carbons (Fsp3) is 0.174. The molecule has 0 amide bonds. The van der Waals surface area contributed by atoms with Crippen LogP contribution < -0.4 is 10.6 Å². The van der Waals surface area contributed by atoms with Gasteiger partial charge in [-0.2, -0.15) is 10.2 Å². The lowest BCUT2D eigenvalue weighted by Gasteiger charge is -2.10. The molecule has 0 aliphatic heterocycles. The van der Waals surface area contributed by atoms with Gasteiger partial charge in [0.15, 0.2) is 10.9 Å². The zero-order valence-electron chi connectivity index (χ0n) is 17.6. The Morgan fingerprint density at radius 3 is 2.31 bits per heavy atom. The van der Waals surface area contributed by atoms with E-state index in [-0.39, 0.29) is 0 Å². The van der Waals surface area contributed by atoms with Crippen LogP contribution in [-0.2, 0) is 13.1 Å². The Balaban J connectivity index is 1.43. The molecule has 32 heavy (non-hydrogen) atoms. The van der Waals surface area contributed by atoms with Gasteiger partial charge in [-0.25, -0.2) is 0 Å². The van der Waals surface area contributed by atoms with Gasteiger partial charge in [-0.3, -0.25) is 9.36 Å². The maximum atomic E-state index is 6.37. The number of benzene rings is 2. The lowest BCUT2D eigenvalue weighted by molar-refractivity contribution is 0.659. The maximum absolute atomic E-state index is 6.37. The van der Waals surface area contributed by atoms with Crippen LogP contribution in [0.2, 0.25) is 10.0 Å². The lowest BCUT2D eigenvalue weighted by atomic mass is 10.2. The predicted octanol–water partition coefficient (Wildman–Crippen LogP) is 5.91. The molecule has 9 heteroatoms. The van der Waals surface area contributed by atoms with E-state index in [0.29, 0.717) is 34.1 Å². The summed E-state index contributed by atoms with van der Waals surface area (Å²) in [6, 6.07) is 17.8. The van der Waals surface area contributed by atoms with Gasteiger partial charge in [-0.1, -0.05) is 65.7 Å². The molecule has 2 aromatic carbocycles. The summed E-state index contributed by atoms with van der Waals surface area (Å²) in [6.07, 6.45) is 1.76. The van der Waals surface area contributed by atoms with E-state index in [1.165, 1.54) is 5.56 Å². The van der Waals surface area contributed by atoms with Gasteiger partial charge in [0.1, 0.15) is 5.02 Å². The number of aryl methyl sites for hydroxylation is 1. The first-order chi connectivity index (χ1) is 15.4. The molecule has 2 N–H and O–H groups in total. The minimum Gasteiger partial charge on any atom is -0.329 e. The van der Waals surface area contributed by atoms with E-state index in [1.54, 1.807) is 10.9 Å². The number of rotatable bonds is 6. The Labute approximate surface area is 202 Å². The van der Waals surface area contributed by atoms with Crippen molar-refractivity contribution in [2.24, 2.45) is 0 Å². The zero-order chi connectivity index (χ0) is 22.7. The Morgan fingerprint density at radius 2 is 1.59 bits per heavy atom. The Bertz CT molecular complexity index is 1230. The highest BCUT2D eigenvalue weighted by Gasteiger charge is 2.15. The number of nitrogens with zero attached hydrogens (tertiary/aromatic N) is 4. The van der Waals surface area contributed by atoms with Gasteiger partial charge in [0.25, 0.3) is 0 Å². The normalized spacial score (nSPS) is 10.9. The SMILES string of the molecule is Cc1nn(Cc2ccccc2)c(C)c1NC(=S)Nc1nn(Cc2ccc(Cl)cc2)cc1Cl. The monoisotopic (exact) mass is 484 g/mol. The van der Waals surface area contributed by atoms with Crippen molar-refractivity contribution in [2.75, 3.05) is 10.6 Å². The largest absolute Gasteiger partial charge is 0.329 e. The maximum Gasteiger partial charge on any atom is 0.176 e. The quantitative estimate of drug-likeness (QED) is 0.333. The molecule has 4 aromatic rings. The second-order valence-electron chi connectivity index (χ2n) is 7.42. The third-order valence-electron chi connectivity index (χ3n) is 5.00. The van der Waals surface area contributed by atoms with Crippen LogP contribution in [0.15, 0.2) is 60.8 Å². The summed E-state index contributed by atoms with van der Waals surface area (Å²) in [6.45, 7) is 5.23. The van der Waals surface area contributed by atoms with Crippen LogP contribution in [0.25, 0.3) is 0 Å². The van der Waals surface area contributed by atoms with E-state index in [2.05, 4.69) is 33.0 Å². The van der Waals surface area contributed by atoms with Crippen LogP contribution >= 0.6 is 35.4 Å². The molecule has 0 fully saturated rings. The van der Waals surface area contributed by atoms with Gasteiger partial charge in [0, 0.05) is 11.2 Å². The highest BCUT2D eigenvalue weighted by Crippen LogP contribution is 2.23. The highest BCUT2D eigenvalue weighted by atomic mass is 35.5. The van der Waals surface area contributed by atoms with Crippen LogP contribution in [0.1, 0.15) is 22.5 Å². The standard InChI is InChI=1S/C23H22Cl2N6S/c1-15-21(16(2)31(28-15)13-17-6-4-3-5-7-17)26-23(32)27-22-20(25)14-30(29-22)12-18-8-10-19(24)11-9-18/h3-11,14H,12-13H2,1-2H3,(H2,26,27,29,32). The van der Waals surface area contributed by atoms with E-state index in [0.717, 1.165) is 22.6 Å². The van der Waals surface area contributed by atoms with Crippen LogP contribution in [-0.4, -0.2) is 24.7 Å². The summed E-state index contributed by atoms with van der Waals surface area (Å²) in [5.41, 5.74) is 4.98. The van der Waals surface area contributed by atoms with Crippen molar-refractivity contribution in [1.29, 1.82) is 0 Å². The molecule has 0 atom stereocenters. The minimum absolute atomic E-state index is 0.397. The summed E-state index contributed by atoms with van der Waals surface area (Å²) in [5.74, 6) is 0.491. The summed E-state index contributed by atoms with van der Waals surface area (Å²) < 4.78 is 3.72. The summed E-state index contributed by atoms with van der Waals surface area (Å²) in [5, 5.41) is 17.1. The van der Waals surface area contributed by atoms with E-state index in [1.807, 2.05) is 61.0 Å². The number of hydrogen-bond donors (Lipinski definition) is 2. The van der Waals surface area contributed by atoms with Gasteiger partial charge in [0.2, 0.25) is 0 Å². The number of halogens is 2. The molecular weight excluding hydrogens is 463 g/mol. The summed E-state index contributed by atoms with van der Waals surface area (Å²) in [7, 11) is 0. The van der Waals surface area contributed by atoms with Crippen molar-refractivity contribution < 1.29 is 0 Å². The fourth-order valence-electron chi connectivity index (χ4n) is 3.38. The molecule has 2 aromatic heterocycles. The van der Waals surface area contributed by atoms with Crippen molar-refractivity contribution >= 4 is 52.0 Å². The van der Waals surface area contributed by atoms with E-state index >= 15 is 0 Å². The predicted molar refractivity (Wildman–Crippen MR) is 135 cm³/mol. The molecule has 0 saturated heterocycles. The van der Waals surface area contributed by atoms with Gasteiger partial charge >= 0.3 is 0 Å². The van der Waals surface area contributed by atoms with Crippen LogP contribution in [0.3, 0.4) is 0 Å². The van der Waals surface area contributed by atoms with Crippen molar-refractivity contribution in [3.05, 3.63) is 93.4 Å². The average Bonchev–Trinajstić information content (AvgIpc) is 3.23. The molecule has 6 nitrogen and oxygen atoms in total. The molecular formula is C23H22Cl2N6S. The molecule has 2 heterocycles. The van der Waals surface area contributed by atoms with Crippen LogP contribution in [0.5, 0.6) is 0 Å². The third-order valence-corrected chi connectivity index (χ3v) is 5.73. The molecule has 0 aliphatic carbocycles. The molecule has 0 unspecified atom stereocenters. The highest BCUT2D eigenvalue weighted by molar-refractivity contribution is 7.80. The average molecular weight is 485 g/mol. The Hall–Kier alpha value is -2.87. The Morgan fingerprint density at radius 1 is 0.906 bits per heavy atom. The molecule has 164 valence electrons. The van der Waals surface area contributed by atoms with E-state index in [9.17, 15) is 0 Å². The van der Waals surface area contributed by atoms with Gasteiger partial charge < -0.3 is 10.6 Å². The van der Waals surface area contributed by atoms with Crippen molar-refractivity contribution in [1.82, 2.24) is 19.6 Å². The van der Waals surface area contributed by atoms with Crippen molar-refractivity contribution in [3.63, 3.8) is 0 Å². The summed E-state index contributed by atoms with van der Waals surface area (Å²) in [4.78, 5) is 0. The van der Waals surface area contributed by atoms with Gasteiger partial charge in [-0.15, -0.1) is 0 Å². The second-order valence-corrected chi connectivity index (χ2v) is 8.67.